The zero-order valence-electron chi connectivity index (χ0n) is 13.9. The van der Waals surface area contributed by atoms with Gasteiger partial charge in [0, 0.05) is 5.56 Å². The van der Waals surface area contributed by atoms with Gasteiger partial charge >= 0.3 is 7.12 Å². The fourth-order valence-electron chi connectivity index (χ4n) is 2.20. The van der Waals surface area contributed by atoms with Crippen LogP contribution in [-0.4, -0.2) is 30.2 Å². The van der Waals surface area contributed by atoms with Crippen molar-refractivity contribution in [3.8, 4) is 5.75 Å². The van der Waals surface area contributed by atoms with Crippen LogP contribution in [0.2, 0.25) is 0 Å². The third kappa shape index (κ3) is 4.35. The molecule has 6 nitrogen and oxygen atoms in total. The predicted molar refractivity (Wildman–Crippen MR) is 91.0 cm³/mol. The zero-order valence-corrected chi connectivity index (χ0v) is 13.9. The smallest absolute Gasteiger partial charge is 0.488 e. The molecule has 0 bridgehead atoms. The molecule has 0 aliphatic carbocycles. The minimum Gasteiger partial charge on any atom is -0.496 e. The first-order chi connectivity index (χ1) is 11.4. The number of carbonyl (C=O) groups is 1. The summed E-state index contributed by atoms with van der Waals surface area (Å²) in [4.78, 5) is 17.4. The Hall–Kier alpha value is -2.35. The molecule has 24 heavy (non-hydrogen) atoms. The van der Waals surface area contributed by atoms with E-state index in [1.165, 1.54) is 0 Å². The van der Waals surface area contributed by atoms with Crippen molar-refractivity contribution in [1.29, 1.82) is 0 Å². The Labute approximate surface area is 141 Å². The summed E-state index contributed by atoms with van der Waals surface area (Å²) in [7, 11) is 0.0619. The second-order valence-electron chi connectivity index (χ2n) is 5.46. The van der Waals surface area contributed by atoms with Crippen molar-refractivity contribution in [2.24, 2.45) is 0 Å². The van der Waals surface area contributed by atoms with Crippen LogP contribution in [0.5, 0.6) is 5.75 Å². The molecule has 1 amide bonds. The van der Waals surface area contributed by atoms with Crippen molar-refractivity contribution in [3.63, 3.8) is 0 Å². The maximum absolute atomic E-state index is 12.2. The molecule has 0 radical (unpaired) electrons. The van der Waals surface area contributed by atoms with Crippen LogP contribution in [0.25, 0.3) is 0 Å². The number of hydroxylamine groups is 1. The highest BCUT2D eigenvalue weighted by Gasteiger charge is 2.12. The lowest BCUT2D eigenvalue weighted by Crippen LogP contribution is -2.29. The number of rotatable bonds is 6. The number of nitrogens with one attached hydrogen (secondary N) is 1. The van der Waals surface area contributed by atoms with Gasteiger partial charge in [-0.15, -0.1) is 0 Å². The van der Waals surface area contributed by atoms with Crippen molar-refractivity contribution >= 4 is 18.5 Å². The molecule has 0 saturated heterocycles. The number of benzene rings is 2. The highest BCUT2D eigenvalue weighted by Crippen LogP contribution is 2.23. The number of hydrogen-bond acceptors (Lipinski definition) is 5. The second kappa shape index (κ2) is 7.96. The van der Waals surface area contributed by atoms with Gasteiger partial charge in [-0.05, 0) is 48.1 Å². The van der Waals surface area contributed by atoms with Crippen LogP contribution in [0.3, 0.4) is 0 Å². The Morgan fingerprint density at radius 3 is 2.42 bits per heavy atom. The summed E-state index contributed by atoms with van der Waals surface area (Å²) in [5, 5.41) is 18.1. The van der Waals surface area contributed by atoms with E-state index in [9.17, 15) is 4.79 Å². The summed E-state index contributed by atoms with van der Waals surface area (Å²) >= 11 is 0. The van der Waals surface area contributed by atoms with Gasteiger partial charge in [0.15, 0.2) is 0 Å². The summed E-state index contributed by atoms with van der Waals surface area (Å²) in [6.07, 6.45) is 0. The van der Waals surface area contributed by atoms with Gasteiger partial charge in [-0.1, -0.05) is 24.3 Å². The summed E-state index contributed by atoms with van der Waals surface area (Å²) in [5.74, 6) is 0.289. The number of amides is 1. The summed E-state index contributed by atoms with van der Waals surface area (Å²) in [5.41, 5.74) is 5.97. The van der Waals surface area contributed by atoms with E-state index < -0.39 is 7.12 Å². The number of ether oxygens (including phenoxy) is 1. The molecular weight excluding hydrogens is 309 g/mol. The number of aryl methyl sites for hydroxylation is 1. The minimum absolute atomic E-state index is 0.162. The first kappa shape index (κ1) is 18.0. The maximum Gasteiger partial charge on any atom is 0.488 e. The normalized spacial score (nSPS) is 10.4. The van der Waals surface area contributed by atoms with Gasteiger partial charge in [-0.3, -0.25) is 9.63 Å². The molecule has 0 heterocycles. The molecule has 0 aliphatic rings. The number of hydrogen-bond donors (Lipinski definition) is 3. The van der Waals surface area contributed by atoms with Gasteiger partial charge in [0.2, 0.25) is 0 Å². The molecule has 2 aromatic carbocycles. The number of carbonyl (C=O) groups excluding carboxylic acids is 1. The number of methoxy groups -OCH3 is 1. The lowest BCUT2D eigenvalue weighted by Gasteiger charge is -2.11. The van der Waals surface area contributed by atoms with Crippen LogP contribution >= 0.6 is 0 Å². The lowest BCUT2D eigenvalue weighted by atomic mass is 9.80. The molecule has 0 atom stereocenters. The topological polar surface area (TPSA) is 88.0 Å². The quantitative estimate of drug-likeness (QED) is 0.540. The summed E-state index contributed by atoms with van der Waals surface area (Å²) in [6, 6.07) is 9.99. The minimum atomic E-state index is -1.50. The van der Waals surface area contributed by atoms with Crippen molar-refractivity contribution < 1.29 is 24.4 Å². The van der Waals surface area contributed by atoms with Crippen LogP contribution in [0.1, 0.15) is 27.0 Å². The van der Waals surface area contributed by atoms with Gasteiger partial charge in [-0.25, -0.2) is 5.48 Å². The molecule has 126 valence electrons. The molecule has 3 N–H and O–H groups in total. The Morgan fingerprint density at radius 1 is 1.17 bits per heavy atom. The Balaban J connectivity index is 1.95. The molecule has 7 heteroatoms. The fraction of sp³-hybridized carbons (Fsp3) is 0.235. The van der Waals surface area contributed by atoms with Gasteiger partial charge in [0.05, 0.1) is 13.7 Å². The van der Waals surface area contributed by atoms with Gasteiger partial charge in [0.25, 0.3) is 5.91 Å². The zero-order chi connectivity index (χ0) is 17.7. The van der Waals surface area contributed by atoms with E-state index in [-0.39, 0.29) is 12.5 Å². The van der Waals surface area contributed by atoms with Gasteiger partial charge in [-0.2, -0.15) is 0 Å². The van der Waals surface area contributed by atoms with E-state index in [4.69, 9.17) is 19.6 Å². The van der Waals surface area contributed by atoms with Crippen molar-refractivity contribution in [1.82, 2.24) is 5.48 Å². The molecular formula is C17H20BNO5. The van der Waals surface area contributed by atoms with Crippen LogP contribution in [0.4, 0.5) is 0 Å². The molecule has 0 saturated carbocycles. The Morgan fingerprint density at radius 2 is 1.83 bits per heavy atom. The largest absolute Gasteiger partial charge is 0.496 e. The molecule has 0 fully saturated rings. The van der Waals surface area contributed by atoms with Crippen LogP contribution in [-0.2, 0) is 11.4 Å². The van der Waals surface area contributed by atoms with E-state index in [1.54, 1.807) is 43.5 Å². The van der Waals surface area contributed by atoms with E-state index in [0.717, 1.165) is 16.7 Å². The SMILES string of the molecule is COc1cc(C(=O)NOCc2ccc(B(O)O)cc2)cc(C)c1C. The first-order valence-electron chi connectivity index (χ1n) is 7.44. The van der Waals surface area contributed by atoms with E-state index >= 15 is 0 Å². The molecule has 2 rings (SSSR count). The third-order valence-corrected chi connectivity index (χ3v) is 3.78. The van der Waals surface area contributed by atoms with E-state index in [1.807, 2.05) is 13.8 Å². The highest BCUT2D eigenvalue weighted by atomic mass is 16.6. The van der Waals surface area contributed by atoms with E-state index in [2.05, 4.69) is 5.48 Å². The average Bonchev–Trinajstić information content (AvgIpc) is 2.57. The monoisotopic (exact) mass is 329 g/mol. The van der Waals surface area contributed by atoms with Crippen LogP contribution in [0, 0.1) is 13.8 Å². The fourth-order valence-corrected chi connectivity index (χ4v) is 2.20. The standard InChI is InChI=1S/C17H20BNO5/c1-11-8-14(9-16(23-3)12(11)2)17(20)19-24-10-13-4-6-15(7-5-13)18(21)22/h4-9,21-22H,10H2,1-3H3,(H,19,20). The molecule has 0 spiro atoms. The first-order valence-corrected chi connectivity index (χ1v) is 7.44. The van der Waals surface area contributed by atoms with Crippen LogP contribution in [0.15, 0.2) is 36.4 Å². The third-order valence-electron chi connectivity index (χ3n) is 3.78. The van der Waals surface area contributed by atoms with Crippen LogP contribution < -0.4 is 15.7 Å². The molecule has 2 aromatic rings. The summed E-state index contributed by atoms with van der Waals surface area (Å²) < 4.78 is 5.26. The lowest BCUT2D eigenvalue weighted by molar-refractivity contribution is 0.0233. The molecule has 0 unspecified atom stereocenters. The van der Waals surface area contributed by atoms with Crippen molar-refractivity contribution in [2.45, 2.75) is 20.5 Å². The summed E-state index contributed by atoms with van der Waals surface area (Å²) in [6.45, 7) is 4.00. The van der Waals surface area contributed by atoms with Crippen molar-refractivity contribution in [3.05, 3.63) is 58.7 Å². The second-order valence-corrected chi connectivity index (χ2v) is 5.46. The molecule has 0 aliphatic heterocycles. The highest BCUT2D eigenvalue weighted by molar-refractivity contribution is 6.58. The average molecular weight is 329 g/mol. The van der Waals surface area contributed by atoms with Gasteiger partial charge < -0.3 is 14.8 Å². The van der Waals surface area contributed by atoms with Gasteiger partial charge in [0.1, 0.15) is 5.75 Å². The molecule has 0 aromatic heterocycles. The Kier molecular flexibility index (Phi) is 5.97. The predicted octanol–water partition coefficient (Wildman–Crippen LogP) is 0.853. The maximum atomic E-state index is 12.2. The Bertz CT molecular complexity index is 716. The van der Waals surface area contributed by atoms with Crippen molar-refractivity contribution in [2.75, 3.05) is 7.11 Å². The van der Waals surface area contributed by atoms with E-state index in [0.29, 0.717) is 16.8 Å².